The van der Waals surface area contributed by atoms with Gasteiger partial charge in [-0.2, -0.15) is 0 Å². The lowest BCUT2D eigenvalue weighted by molar-refractivity contribution is -0.245. The van der Waals surface area contributed by atoms with E-state index in [0.29, 0.717) is 0 Å². The van der Waals surface area contributed by atoms with Gasteiger partial charge in [0.05, 0.1) is 6.61 Å². The third kappa shape index (κ3) is 9.89. The van der Waals surface area contributed by atoms with Crippen LogP contribution >= 0.6 is 7.82 Å². The Kier molecular flexibility index (Phi) is 10.8. The molecule has 0 atom stereocenters. The minimum Gasteiger partial charge on any atom is -0.301 e. The predicted molar refractivity (Wildman–Crippen MR) is 80.1 cm³/mol. The average molecular weight is 310 g/mol. The molecular weight excluding hydrogens is 279 g/mol. The summed E-state index contributed by atoms with van der Waals surface area (Å²) in [7, 11) is -4.55. The van der Waals surface area contributed by atoms with E-state index in [0.717, 1.165) is 57.8 Å². The van der Waals surface area contributed by atoms with Crippen LogP contribution in [0, 0.1) is 5.41 Å². The van der Waals surface area contributed by atoms with Crippen LogP contribution in [-0.4, -0.2) is 16.4 Å². The van der Waals surface area contributed by atoms with Gasteiger partial charge >= 0.3 is 7.82 Å². The molecule has 0 spiro atoms. The molecule has 0 aromatic heterocycles. The zero-order valence-electron chi connectivity index (χ0n) is 13.1. The van der Waals surface area contributed by atoms with Gasteiger partial charge in [0.25, 0.3) is 0 Å². The van der Waals surface area contributed by atoms with Crippen molar-refractivity contribution in [2.24, 2.45) is 5.41 Å². The fourth-order valence-corrected chi connectivity index (χ4v) is 2.66. The molecule has 0 aromatic rings. The average Bonchev–Trinajstić information content (AvgIpc) is 2.38. The predicted octanol–water partition coefficient (Wildman–Crippen LogP) is 4.58. The first-order valence-electron chi connectivity index (χ1n) is 7.76. The summed E-state index contributed by atoms with van der Waals surface area (Å²) in [5.74, 6) is 0. The molecular formula is C14H31O5P. The third-order valence-corrected chi connectivity index (χ3v) is 4.00. The number of rotatable bonds is 13. The Hall–Kier alpha value is 0.0700. The van der Waals surface area contributed by atoms with Crippen LogP contribution in [0.4, 0.5) is 0 Å². The van der Waals surface area contributed by atoms with Crippen LogP contribution in [0.5, 0.6) is 0 Å². The van der Waals surface area contributed by atoms with E-state index < -0.39 is 7.82 Å². The van der Waals surface area contributed by atoms with E-state index in [-0.39, 0.29) is 12.0 Å². The lowest BCUT2D eigenvalue weighted by atomic mass is 9.75. The fraction of sp³-hybridized carbons (Fsp3) is 1.00. The third-order valence-electron chi connectivity index (χ3n) is 3.70. The molecule has 0 aliphatic heterocycles. The van der Waals surface area contributed by atoms with E-state index in [1.165, 1.54) is 0 Å². The molecule has 0 radical (unpaired) electrons. The van der Waals surface area contributed by atoms with Crippen molar-refractivity contribution in [1.82, 2.24) is 0 Å². The van der Waals surface area contributed by atoms with Gasteiger partial charge in [0, 0.05) is 0 Å². The Morgan fingerprint density at radius 1 is 0.900 bits per heavy atom. The first-order valence-corrected chi connectivity index (χ1v) is 9.29. The van der Waals surface area contributed by atoms with Gasteiger partial charge in [-0.25, -0.2) is 9.45 Å². The largest absolute Gasteiger partial charge is 0.496 e. The van der Waals surface area contributed by atoms with Gasteiger partial charge < -0.3 is 9.79 Å². The number of hydrogen-bond acceptors (Lipinski definition) is 3. The number of hydrogen-bond donors (Lipinski definition) is 2. The summed E-state index contributed by atoms with van der Waals surface area (Å²) >= 11 is 0. The van der Waals surface area contributed by atoms with E-state index in [1.807, 2.05) is 0 Å². The second-order valence-electron chi connectivity index (χ2n) is 5.64. The molecule has 0 saturated heterocycles. The molecule has 122 valence electrons. The number of phosphoric acid groups is 1. The van der Waals surface area contributed by atoms with Crippen molar-refractivity contribution in [2.75, 3.05) is 6.61 Å². The SMILES string of the molecule is CCCCC(CCCC)(CCCC)COOP(=O)(O)O. The zero-order chi connectivity index (χ0) is 15.5. The first-order chi connectivity index (χ1) is 9.39. The summed E-state index contributed by atoms with van der Waals surface area (Å²) in [5.41, 5.74) is -0.0167. The Balaban J connectivity index is 4.61. The molecule has 0 heterocycles. The molecule has 0 aromatic carbocycles. The molecule has 5 nitrogen and oxygen atoms in total. The van der Waals surface area contributed by atoms with Crippen molar-refractivity contribution < 1.29 is 23.9 Å². The second kappa shape index (κ2) is 10.7. The first kappa shape index (κ1) is 20.1. The summed E-state index contributed by atoms with van der Waals surface area (Å²) < 4.78 is 14.9. The molecule has 0 aliphatic carbocycles. The Bertz CT molecular complexity index is 255. The van der Waals surface area contributed by atoms with E-state index in [9.17, 15) is 4.57 Å². The van der Waals surface area contributed by atoms with Gasteiger partial charge in [0.1, 0.15) is 0 Å². The quantitative estimate of drug-likeness (QED) is 0.296. The van der Waals surface area contributed by atoms with Crippen LogP contribution in [0.1, 0.15) is 78.6 Å². The molecule has 0 fully saturated rings. The van der Waals surface area contributed by atoms with Gasteiger partial charge in [0.2, 0.25) is 0 Å². The highest BCUT2D eigenvalue weighted by molar-refractivity contribution is 7.46. The summed E-state index contributed by atoms with van der Waals surface area (Å²) in [5, 5.41) is 0. The summed E-state index contributed by atoms with van der Waals surface area (Å²) in [6.45, 7) is 6.71. The van der Waals surface area contributed by atoms with Gasteiger partial charge in [-0.15, -0.1) is 4.67 Å². The van der Waals surface area contributed by atoms with E-state index >= 15 is 0 Å². The van der Waals surface area contributed by atoms with Gasteiger partial charge in [-0.05, 0) is 24.7 Å². The summed E-state index contributed by atoms with van der Waals surface area (Å²) in [6, 6.07) is 0. The van der Waals surface area contributed by atoms with E-state index in [4.69, 9.17) is 14.7 Å². The van der Waals surface area contributed by atoms with Crippen LogP contribution in [-0.2, 0) is 14.1 Å². The molecule has 2 N–H and O–H groups in total. The lowest BCUT2D eigenvalue weighted by Crippen LogP contribution is -2.27. The second-order valence-corrected chi connectivity index (χ2v) is 6.77. The minimum absolute atomic E-state index is 0.0167. The molecule has 0 aliphatic rings. The highest BCUT2D eigenvalue weighted by Crippen LogP contribution is 2.40. The molecule has 0 unspecified atom stereocenters. The Morgan fingerprint density at radius 2 is 1.30 bits per heavy atom. The highest BCUT2D eigenvalue weighted by atomic mass is 31.2. The molecule has 6 heteroatoms. The van der Waals surface area contributed by atoms with Crippen LogP contribution in [0.2, 0.25) is 0 Å². The van der Waals surface area contributed by atoms with Crippen molar-refractivity contribution in [3.63, 3.8) is 0 Å². The number of unbranched alkanes of at least 4 members (excludes halogenated alkanes) is 3. The molecule has 0 amide bonds. The fourth-order valence-electron chi connectivity index (χ4n) is 2.47. The topological polar surface area (TPSA) is 76.0 Å². The smallest absolute Gasteiger partial charge is 0.301 e. The summed E-state index contributed by atoms with van der Waals surface area (Å²) in [4.78, 5) is 22.3. The molecule has 20 heavy (non-hydrogen) atoms. The zero-order valence-corrected chi connectivity index (χ0v) is 14.0. The van der Waals surface area contributed by atoms with Crippen LogP contribution in [0.25, 0.3) is 0 Å². The summed E-state index contributed by atoms with van der Waals surface area (Å²) in [6.07, 6.45) is 9.71. The molecule has 0 bridgehead atoms. The van der Waals surface area contributed by atoms with Crippen LogP contribution in [0.3, 0.4) is 0 Å². The van der Waals surface area contributed by atoms with Crippen molar-refractivity contribution in [2.45, 2.75) is 78.6 Å². The van der Waals surface area contributed by atoms with E-state index in [1.54, 1.807) is 0 Å². The highest BCUT2D eigenvalue weighted by Gasteiger charge is 2.30. The Morgan fingerprint density at radius 3 is 1.60 bits per heavy atom. The maximum absolute atomic E-state index is 10.7. The van der Waals surface area contributed by atoms with Crippen molar-refractivity contribution in [1.29, 1.82) is 0 Å². The van der Waals surface area contributed by atoms with E-state index in [2.05, 4.69) is 25.4 Å². The normalized spacial score (nSPS) is 12.8. The van der Waals surface area contributed by atoms with Gasteiger partial charge in [-0.3, -0.25) is 0 Å². The monoisotopic (exact) mass is 310 g/mol. The van der Waals surface area contributed by atoms with Crippen molar-refractivity contribution in [3.8, 4) is 0 Å². The lowest BCUT2D eigenvalue weighted by Gasteiger charge is -2.33. The minimum atomic E-state index is -4.55. The van der Waals surface area contributed by atoms with Crippen LogP contribution in [0.15, 0.2) is 0 Å². The molecule has 0 saturated carbocycles. The van der Waals surface area contributed by atoms with Gasteiger partial charge in [-0.1, -0.05) is 59.3 Å². The maximum atomic E-state index is 10.7. The molecule has 0 rings (SSSR count). The van der Waals surface area contributed by atoms with Crippen molar-refractivity contribution in [3.05, 3.63) is 0 Å². The van der Waals surface area contributed by atoms with Crippen LogP contribution < -0.4 is 0 Å². The Labute approximate surface area is 123 Å². The standard InChI is InChI=1S/C14H31O5P/c1-4-7-10-14(11-8-5-2,12-9-6-3)13-18-19-20(15,16)17/h4-13H2,1-3H3,(H2,15,16,17). The van der Waals surface area contributed by atoms with Crippen molar-refractivity contribution >= 4 is 7.82 Å². The maximum Gasteiger partial charge on any atom is 0.496 e. The van der Waals surface area contributed by atoms with Gasteiger partial charge in [0.15, 0.2) is 0 Å².